The van der Waals surface area contributed by atoms with Crippen LogP contribution in [0.15, 0.2) is 27.4 Å². The molecule has 25 heavy (non-hydrogen) atoms. The van der Waals surface area contributed by atoms with Gasteiger partial charge in [0.05, 0.1) is 16.9 Å². The molecule has 1 aromatic heterocycles. The Balaban J connectivity index is 2.13. The van der Waals surface area contributed by atoms with Crippen LogP contribution < -0.4 is 5.43 Å². The van der Waals surface area contributed by atoms with Crippen LogP contribution in [0.3, 0.4) is 0 Å². The Labute approximate surface area is 139 Å². The van der Waals surface area contributed by atoms with Gasteiger partial charge >= 0.3 is 12.1 Å². The maximum absolute atomic E-state index is 13.4. The molecule has 0 bridgehead atoms. The lowest BCUT2D eigenvalue weighted by molar-refractivity contribution is -0.154. The Morgan fingerprint density at radius 2 is 1.80 bits per heavy atom. The van der Waals surface area contributed by atoms with Gasteiger partial charge in [0.25, 0.3) is 0 Å². The summed E-state index contributed by atoms with van der Waals surface area (Å²) in [7, 11) is 0. The fourth-order valence-electron chi connectivity index (χ4n) is 3.41. The lowest BCUT2D eigenvalue weighted by Crippen LogP contribution is -2.26. The van der Waals surface area contributed by atoms with E-state index >= 15 is 0 Å². The minimum absolute atomic E-state index is 0.0406. The summed E-state index contributed by atoms with van der Waals surface area (Å²) in [6.07, 6.45) is -4.09. The molecule has 1 aliphatic rings. The second-order valence-electron chi connectivity index (χ2n) is 6.24. The van der Waals surface area contributed by atoms with Crippen molar-refractivity contribution in [2.24, 2.45) is 5.92 Å². The SMILES string of the molecule is O=c1c2ccc(O)cc2oc(C(F)(F)F)c1[C@H]1CC[C@H](C(=O)O)CC1. The summed E-state index contributed by atoms with van der Waals surface area (Å²) in [5.41, 5.74) is -1.57. The number of alkyl halides is 3. The fraction of sp³-hybridized carbons (Fsp3) is 0.412. The van der Waals surface area contributed by atoms with Crippen LogP contribution in [0, 0.1) is 5.92 Å². The molecule has 1 aliphatic carbocycles. The summed E-state index contributed by atoms with van der Waals surface area (Å²) in [6.45, 7) is 0. The van der Waals surface area contributed by atoms with E-state index in [-0.39, 0.29) is 42.4 Å². The first-order valence-corrected chi connectivity index (χ1v) is 7.78. The quantitative estimate of drug-likeness (QED) is 0.853. The third kappa shape index (κ3) is 3.20. The van der Waals surface area contributed by atoms with Crippen LogP contribution in [0.4, 0.5) is 13.2 Å². The van der Waals surface area contributed by atoms with E-state index in [1.165, 1.54) is 12.1 Å². The van der Waals surface area contributed by atoms with Crippen LogP contribution in [0.2, 0.25) is 0 Å². The van der Waals surface area contributed by atoms with Crippen LogP contribution in [0.1, 0.15) is 42.9 Å². The van der Waals surface area contributed by atoms with Crippen molar-refractivity contribution in [3.63, 3.8) is 0 Å². The summed E-state index contributed by atoms with van der Waals surface area (Å²) in [5, 5.41) is 18.4. The lowest BCUT2D eigenvalue weighted by atomic mass is 9.78. The number of fused-ring (bicyclic) bond motifs is 1. The number of phenols is 1. The molecule has 1 saturated carbocycles. The van der Waals surface area contributed by atoms with Crippen molar-refractivity contribution in [2.75, 3.05) is 0 Å². The van der Waals surface area contributed by atoms with E-state index in [0.717, 1.165) is 6.07 Å². The molecular weight excluding hydrogens is 341 g/mol. The highest BCUT2D eigenvalue weighted by atomic mass is 19.4. The van der Waals surface area contributed by atoms with Gasteiger partial charge in [-0.1, -0.05) is 0 Å². The number of aromatic hydroxyl groups is 1. The van der Waals surface area contributed by atoms with Crippen LogP contribution in [0.25, 0.3) is 11.0 Å². The average Bonchev–Trinajstić information content (AvgIpc) is 2.53. The Morgan fingerprint density at radius 1 is 1.16 bits per heavy atom. The zero-order chi connectivity index (χ0) is 18.4. The lowest BCUT2D eigenvalue weighted by Gasteiger charge is -2.27. The molecule has 0 atom stereocenters. The van der Waals surface area contributed by atoms with Gasteiger partial charge in [0.15, 0.2) is 5.43 Å². The van der Waals surface area contributed by atoms with Gasteiger partial charge in [-0.2, -0.15) is 13.2 Å². The summed E-state index contributed by atoms with van der Waals surface area (Å²) < 4.78 is 45.2. The Kier molecular flexibility index (Phi) is 4.22. The molecule has 0 amide bonds. The largest absolute Gasteiger partial charge is 0.508 e. The van der Waals surface area contributed by atoms with Crippen molar-refractivity contribution in [1.29, 1.82) is 0 Å². The number of halogens is 3. The number of hydrogen-bond acceptors (Lipinski definition) is 4. The predicted molar refractivity (Wildman–Crippen MR) is 81.5 cm³/mol. The van der Waals surface area contributed by atoms with E-state index in [1.54, 1.807) is 0 Å². The minimum atomic E-state index is -4.86. The molecule has 2 N–H and O–H groups in total. The number of aliphatic carboxylic acids is 1. The molecule has 0 spiro atoms. The first kappa shape index (κ1) is 17.3. The highest BCUT2D eigenvalue weighted by molar-refractivity contribution is 5.79. The number of hydrogen-bond donors (Lipinski definition) is 2. The standard InChI is InChI=1S/C17H15F3O5/c18-17(19,20)15-13(8-1-3-9(4-2-8)16(23)24)14(22)11-6-5-10(21)7-12(11)25-15/h5-9,21H,1-4H2,(H,23,24)/t8-,9-. The Morgan fingerprint density at radius 3 is 2.36 bits per heavy atom. The number of carboxylic acids is 1. The average molecular weight is 356 g/mol. The number of carboxylic acid groups (broad SMARTS) is 1. The first-order chi connectivity index (χ1) is 11.7. The zero-order valence-corrected chi connectivity index (χ0v) is 13.0. The van der Waals surface area contributed by atoms with Gasteiger partial charge in [-0.15, -0.1) is 0 Å². The second-order valence-corrected chi connectivity index (χ2v) is 6.24. The van der Waals surface area contributed by atoms with Crippen molar-refractivity contribution in [1.82, 2.24) is 0 Å². The number of rotatable bonds is 2. The van der Waals surface area contributed by atoms with E-state index in [4.69, 9.17) is 9.52 Å². The Hall–Kier alpha value is -2.51. The smallest absolute Gasteiger partial charge is 0.449 e. The van der Waals surface area contributed by atoms with Gasteiger partial charge < -0.3 is 14.6 Å². The molecule has 3 rings (SSSR count). The third-order valence-corrected chi connectivity index (χ3v) is 4.65. The summed E-state index contributed by atoms with van der Waals surface area (Å²) in [4.78, 5) is 23.7. The molecule has 0 aliphatic heterocycles. The van der Waals surface area contributed by atoms with Crippen LogP contribution in [0.5, 0.6) is 5.75 Å². The fourth-order valence-corrected chi connectivity index (χ4v) is 3.41. The second kappa shape index (κ2) is 6.09. The minimum Gasteiger partial charge on any atom is -0.508 e. The van der Waals surface area contributed by atoms with Gasteiger partial charge in [0, 0.05) is 6.07 Å². The monoisotopic (exact) mass is 356 g/mol. The van der Waals surface area contributed by atoms with Crippen molar-refractivity contribution in [3.05, 3.63) is 39.7 Å². The van der Waals surface area contributed by atoms with Crippen LogP contribution in [-0.2, 0) is 11.0 Å². The molecule has 0 radical (unpaired) electrons. The molecule has 0 unspecified atom stereocenters. The number of phenolic OH excluding ortho intramolecular Hbond substituents is 1. The van der Waals surface area contributed by atoms with E-state index < -0.39 is 40.7 Å². The summed E-state index contributed by atoms with van der Waals surface area (Å²) in [6, 6.07) is 3.40. The first-order valence-electron chi connectivity index (χ1n) is 7.78. The van der Waals surface area contributed by atoms with Crippen molar-refractivity contribution in [2.45, 2.75) is 37.8 Å². The van der Waals surface area contributed by atoms with Gasteiger partial charge in [-0.05, 0) is 43.7 Å². The maximum atomic E-state index is 13.4. The Bertz CT molecular complexity index is 876. The van der Waals surface area contributed by atoms with Gasteiger partial charge in [-0.25, -0.2) is 0 Å². The third-order valence-electron chi connectivity index (χ3n) is 4.65. The number of carbonyl (C=O) groups is 1. The molecule has 5 nitrogen and oxygen atoms in total. The molecule has 2 aromatic rings. The van der Waals surface area contributed by atoms with Crippen LogP contribution >= 0.6 is 0 Å². The molecule has 134 valence electrons. The predicted octanol–water partition coefficient (Wildman–Crippen LogP) is 3.88. The molecular formula is C17H15F3O5. The van der Waals surface area contributed by atoms with E-state index in [9.17, 15) is 27.9 Å². The highest BCUT2D eigenvalue weighted by Gasteiger charge is 2.42. The highest BCUT2D eigenvalue weighted by Crippen LogP contribution is 2.41. The zero-order valence-electron chi connectivity index (χ0n) is 13.0. The van der Waals surface area contributed by atoms with E-state index in [1.807, 2.05) is 0 Å². The van der Waals surface area contributed by atoms with E-state index in [0.29, 0.717) is 0 Å². The topological polar surface area (TPSA) is 87.7 Å². The van der Waals surface area contributed by atoms with Crippen molar-refractivity contribution >= 4 is 16.9 Å². The van der Waals surface area contributed by atoms with Crippen LogP contribution in [-0.4, -0.2) is 16.2 Å². The van der Waals surface area contributed by atoms with Crippen molar-refractivity contribution < 1.29 is 32.6 Å². The van der Waals surface area contributed by atoms with Gasteiger partial charge in [0.1, 0.15) is 11.3 Å². The van der Waals surface area contributed by atoms with Gasteiger partial charge in [0.2, 0.25) is 5.76 Å². The number of benzene rings is 1. The molecule has 1 aromatic carbocycles. The summed E-state index contributed by atoms with van der Waals surface area (Å²) >= 11 is 0. The molecule has 0 saturated heterocycles. The molecule has 1 heterocycles. The molecule has 1 fully saturated rings. The van der Waals surface area contributed by atoms with Crippen molar-refractivity contribution in [3.8, 4) is 5.75 Å². The normalized spacial score (nSPS) is 21.4. The molecule has 8 heteroatoms. The van der Waals surface area contributed by atoms with Gasteiger partial charge in [-0.3, -0.25) is 9.59 Å². The summed E-state index contributed by atoms with van der Waals surface area (Å²) in [5.74, 6) is -3.96. The van der Waals surface area contributed by atoms with E-state index in [2.05, 4.69) is 0 Å². The maximum Gasteiger partial charge on any atom is 0.449 e.